The van der Waals surface area contributed by atoms with E-state index in [2.05, 4.69) is 44.5 Å². The Morgan fingerprint density at radius 1 is 1.15 bits per heavy atom. The first kappa shape index (κ1) is 18.6. The number of thiocarbonyl (C=S) groups is 1. The summed E-state index contributed by atoms with van der Waals surface area (Å²) in [5, 5.41) is 7.91. The molecule has 0 aliphatic rings. The van der Waals surface area contributed by atoms with Crippen LogP contribution in [0.15, 0.2) is 51.7 Å². The number of pyridine rings is 1. The van der Waals surface area contributed by atoms with Gasteiger partial charge < -0.3 is 15.6 Å². The van der Waals surface area contributed by atoms with E-state index in [1.807, 2.05) is 43.3 Å². The van der Waals surface area contributed by atoms with Crippen LogP contribution in [0.25, 0.3) is 10.9 Å². The van der Waals surface area contributed by atoms with Crippen LogP contribution in [-0.2, 0) is 6.42 Å². The van der Waals surface area contributed by atoms with Crippen LogP contribution in [0, 0.1) is 13.8 Å². The number of aromatic nitrogens is 1. The van der Waals surface area contributed by atoms with Crippen molar-refractivity contribution in [1.82, 2.24) is 10.3 Å². The third kappa shape index (κ3) is 4.31. The molecule has 0 aliphatic carbocycles. The second-order valence-corrected chi connectivity index (χ2v) is 7.58. The van der Waals surface area contributed by atoms with E-state index >= 15 is 0 Å². The van der Waals surface area contributed by atoms with Crippen molar-refractivity contribution in [3.63, 3.8) is 0 Å². The van der Waals surface area contributed by atoms with E-state index in [0.717, 1.165) is 37.8 Å². The SMILES string of the molecule is Cc1ccc(C)c2[nH]c(=O)c(CCNC(=S)Nc3cccc(Br)c3)cc12. The van der Waals surface area contributed by atoms with Crippen LogP contribution >= 0.6 is 28.1 Å². The topological polar surface area (TPSA) is 56.9 Å². The largest absolute Gasteiger partial charge is 0.362 e. The highest BCUT2D eigenvalue weighted by Crippen LogP contribution is 2.19. The number of nitrogens with one attached hydrogen (secondary N) is 3. The lowest BCUT2D eigenvalue weighted by Gasteiger charge is -2.11. The molecule has 26 heavy (non-hydrogen) atoms. The minimum absolute atomic E-state index is 0.0427. The maximum absolute atomic E-state index is 12.4. The number of H-pyrrole nitrogens is 1. The summed E-state index contributed by atoms with van der Waals surface area (Å²) in [6, 6.07) is 13.9. The quantitative estimate of drug-likeness (QED) is 0.536. The maximum atomic E-state index is 12.4. The molecule has 1 aromatic heterocycles. The number of benzene rings is 2. The smallest absolute Gasteiger partial charge is 0.251 e. The molecule has 0 saturated carbocycles. The van der Waals surface area contributed by atoms with E-state index in [4.69, 9.17) is 12.2 Å². The van der Waals surface area contributed by atoms with Crippen molar-refractivity contribution < 1.29 is 0 Å². The molecule has 0 saturated heterocycles. The summed E-state index contributed by atoms with van der Waals surface area (Å²) >= 11 is 8.75. The van der Waals surface area contributed by atoms with E-state index in [1.54, 1.807) is 0 Å². The van der Waals surface area contributed by atoms with Crippen LogP contribution < -0.4 is 16.2 Å². The average Bonchev–Trinajstić information content (AvgIpc) is 2.59. The highest BCUT2D eigenvalue weighted by atomic mass is 79.9. The summed E-state index contributed by atoms with van der Waals surface area (Å²) in [5.74, 6) is 0. The number of hydrogen-bond donors (Lipinski definition) is 3. The standard InChI is InChI=1S/C20H20BrN3OS/c1-12-6-7-13(2)18-17(12)10-14(19(25)24-18)8-9-22-20(26)23-16-5-3-4-15(21)11-16/h3-7,10-11H,8-9H2,1-2H3,(H,24,25)(H2,22,23,26). The van der Waals surface area contributed by atoms with Crippen molar-refractivity contribution in [2.45, 2.75) is 20.3 Å². The molecule has 3 N–H and O–H groups in total. The predicted octanol–water partition coefficient (Wildman–Crippen LogP) is 4.44. The Hall–Kier alpha value is -2.18. The lowest BCUT2D eigenvalue weighted by atomic mass is 10.0. The van der Waals surface area contributed by atoms with Crippen molar-refractivity contribution in [2.75, 3.05) is 11.9 Å². The van der Waals surface area contributed by atoms with Crippen molar-refractivity contribution in [3.8, 4) is 0 Å². The van der Waals surface area contributed by atoms with Crippen LogP contribution in [-0.4, -0.2) is 16.6 Å². The molecular weight excluding hydrogens is 410 g/mol. The third-order valence-electron chi connectivity index (χ3n) is 4.28. The van der Waals surface area contributed by atoms with Gasteiger partial charge in [0.15, 0.2) is 5.11 Å². The fourth-order valence-electron chi connectivity index (χ4n) is 2.86. The lowest BCUT2D eigenvalue weighted by molar-refractivity contribution is 0.863. The van der Waals surface area contributed by atoms with Gasteiger partial charge in [0.1, 0.15) is 0 Å². The minimum atomic E-state index is -0.0427. The number of halogens is 1. The first-order valence-electron chi connectivity index (χ1n) is 8.36. The van der Waals surface area contributed by atoms with Crippen LogP contribution in [0.5, 0.6) is 0 Å². The predicted molar refractivity (Wildman–Crippen MR) is 116 cm³/mol. The zero-order chi connectivity index (χ0) is 18.7. The summed E-state index contributed by atoms with van der Waals surface area (Å²) in [6.07, 6.45) is 0.596. The summed E-state index contributed by atoms with van der Waals surface area (Å²) in [4.78, 5) is 15.4. The van der Waals surface area contributed by atoms with Crippen LogP contribution in [0.2, 0.25) is 0 Å². The Balaban J connectivity index is 1.66. The van der Waals surface area contributed by atoms with Gasteiger partial charge in [-0.05, 0) is 67.9 Å². The van der Waals surface area contributed by atoms with E-state index in [0.29, 0.717) is 18.1 Å². The van der Waals surface area contributed by atoms with Gasteiger partial charge in [0.05, 0.1) is 5.52 Å². The monoisotopic (exact) mass is 429 g/mol. The van der Waals surface area contributed by atoms with Gasteiger partial charge in [-0.2, -0.15) is 0 Å². The Labute approximate surface area is 166 Å². The van der Waals surface area contributed by atoms with Crippen molar-refractivity contribution in [3.05, 3.63) is 74.0 Å². The molecule has 0 aliphatic heterocycles. The van der Waals surface area contributed by atoms with Crippen molar-refractivity contribution in [2.24, 2.45) is 0 Å². The molecular formula is C20H20BrN3OS. The van der Waals surface area contributed by atoms with Crippen molar-refractivity contribution >= 4 is 49.9 Å². The molecule has 134 valence electrons. The number of fused-ring (bicyclic) bond motifs is 1. The zero-order valence-electron chi connectivity index (χ0n) is 14.7. The van der Waals surface area contributed by atoms with Crippen LogP contribution in [0.4, 0.5) is 5.69 Å². The second kappa shape index (κ2) is 8.01. The van der Waals surface area contributed by atoms with Crippen LogP contribution in [0.1, 0.15) is 16.7 Å². The van der Waals surface area contributed by atoms with E-state index in [-0.39, 0.29) is 5.56 Å². The second-order valence-electron chi connectivity index (χ2n) is 6.25. The van der Waals surface area contributed by atoms with Gasteiger partial charge in [0.25, 0.3) is 5.56 Å². The van der Waals surface area contributed by atoms with Gasteiger partial charge in [-0.1, -0.05) is 34.1 Å². The third-order valence-corrected chi connectivity index (χ3v) is 5.02. The fourth-order valence-corrected chi connectivity index (χ4v) is 3.48. The maximum Gasteiger partial charge on any atom is 0.251 e. The molecule has 0 unspecified atom stereocenters. The summed E-state index contributed by atoms with van der Waals surface area (Å²) < 4.78 is 0.985. The highest BCUT2D eigenvalue weighted by molar-refractivity contribution is 9.10. The Morgan fingerprint density at radius 2 is 1.92 bits per heavy atom. The summed E-state index contributed by atoms with van der Waals surface area (Å²) in [5.41, 5.74) is 4.77. The molecule has 0 bridgehead atoms. The normalized spacial score (nSPS) is 10.7. The molecule has 1 heterocycles. The Morgan fingerprint density at radius 3 is 2.69 bits per heavy atom. The molecule has 3 rings (SSSR count). The number of anilines is 1. The molecule has 0 spiro atoms. The van der Waals surface area contributed by atoms with Crippen LogP contribution in [0.3, 0.4) is 0 Å². The number of aromatic amines is 1. The lowest BCUT2D eigenvalue weighted by Crippen LogP contribution is -2.31. The zero-order valence-corrected chi connectivity index (χ0v) is 17.1. The van der Waals surface area contributed by atoms with Gasteiger partial charge in [0, 0.05) is 27.7 Å². The number of aryl methyl sites for hydroxylation is 2. The van der Waals surface area contributed by atoms with Gasteiger partial charge in [-0.25, -0.2) is 0 Å². The molecule has 3 aromatic rings. The fraction of sp³-hybridized carbons (Fsp3) is 0.200. The number of rotatable bonds is 4. The van der Waals surface area contributed by atoms with E-state index in [1.165, 1.54) is 0 Å². The van der Waals surface area contributed by atoms with Gasteiger partial charge in [0.2, 0.25) is 0 Å². The minimum Gasteiger partial charge on any atom is -0.362 e. The van der Waals surface area contributed by atoms with E-state index < -0.39 is 0 Å². The van der Waals surface area contributed by atoms with Crippen molar-refractivity contribution in [1.29, 1.82) is 0 Å². The molecule has 6 heteroatoms. The molecule has 2 aromatic carbocycles. The van der Waals surface area contributed by atoms with Gasteiger partial charge in [-0.3, -0.25) is 4.79 Å². The first-order chi connectivity index (χ1) is 12.4. The summed E-state index contributed by atoms with van der Waals surface area (Å²) in [7, 11) is 0. The Bertz CT molecular complexity index is 1030. The summed E-state index contributed by atoms with van der Waals surface area (Å²) in [6.45, 7) is 4.64. The average molecular weight is 430 g/mol. The van der Waals surface area contributed by atoms with E-state index in [9.17, 15) is 4.79 Å². The van der Waals surface area contributed by atoms with Gasteiger partial charge >= 0.3 is 0 Å². The van der Waals surface area contributed by atoms with Gasteiger partial charge in [-0.15, -0.1) is 0 Å². The molecule has 0 fully saturated rings. The highest BCUT2D eigenvalue weighted by Gasteiger charge is 2.07. The first-order valence-corrected chi connectivity index (χ1v) is 9.56. The Kier molecular flexibility index (Phi) is 5.74. The molecule has 4 nitrogen and oxygen atoms in total. The molecule has 0 radical (unpaired) electrons. The molecule has 0 atom stereocenters. The number of hydrogen-bond acceptors (Lipinski definition) is 2. The molecule has 0 amide bonds.